The number of ether oxygens (including phenoxy) is 1. The summed E-state index contributed by atoms with van der Waals surface area (Å²) in [5.41, 5.74) is 0.162. The average molecular weight is 290 g/mol. The molecule has 2 nitrogen and oxygen atoms in total. The second-order valence-corrected chi connectivity index (χ2v) is 3.87. The van der Waals surface area contributed by atoms with E-state index >= 15 is 0 Å². The van der Waals surface area contributed by atoms with E-state index in [1.165, 1.54) is 12.1 Å². The van der Waals surface area contributed by atoms with Gasteiger partial charge >= 0.3 is 6.36 Å². The predicted octanol–water partition coefficient (Wildman–Crippen LogP) is 4.24. The fourth-order valence-corrected chi connectivity index (χ4v) is 1.61. The van der Waals surface area contributed by atoms with Crippen LogP contribution in [0.2, 0.25) is 0 Å². The Hall–Kier alpha value is -2.31. The molecule has 0 radical (unpaired) electrons. The van der Waals surface area contributed by atoms with Gasteiger partial charge < -0.3 is 9.84 Å². The quantitative estimate of drug-likeness (QED) is 0.838. The molecular weight excluding hydrogens is 283 g/mol. The summed E-state index contributed by atoms with van der Waals surface area (Å²) in [6, 6.07) is 6.37. The Bertz CT molecular complexity index is 614. The molecule has 1 N–H and O–H groups in total. The number of halogens is 5. The number of hydrogen-bond acceptors (Lipinski definition) is 2. The van der Waals surface area contributed by atoms with E-state index in [9.17, 15) is 27.1 Å². The van der Waals surface area contributed by atoms with Crippen molar-refractivity contribution in [2.75, 3.05) is 0 Å². The Morgan fingerprint density at radius 1 is 0.950 bits per heavy atom. The molecule has 0 bridgehead atoms. The Balaban J connectivity index is 2.41. The lowest BCUT2D eigenvalue weighted by molar-refractivity contribution is -0.274. The van der Waals surface area contributed by atoms with Crippen LogP contribution in [0.25, 0.3) is 11.1 Å². The molecule has 0 atom stereocenters. The van der Waals surface area contributed by atoms with Crippen LogP contribution < -0.4 is 4.74 Å². The zero-order valence-corrected chi connectivity index (χ0v) is 9.71. The van der Waals surface area contributed by atoms with Crippen molar-refractivity contribution in [3.05, 3.63) is 48.0 Å². The molecule has 0 unspecified atom stereocenters. The third-order valence-electron chi connectivity index (χ3n) is 2.41. The summed E-state index contributed by atoms with van der Waals surface area (Å²) in [6.45, 7) is 0. The monoisotopic (exact) mass is 290 g/mol. The van der Waals surface area contributed by atoms with Crippen molar-refractivity contribution in [1.29, 1.82) is 0 Å². The minimum atomic E-state index is -4.85. The highest BCUT2D eigenvalue weighted by Gasteiger charge is 2.31. The zero-order valence-electron chi connectivity index (χ0n) is 9.71. The minimum absolute atomic E-state index is 0.0222. The van der Waals surface area contributed by atoms with Gasteiger partial charge in [-0.1, -0.05) is 12.1 Å². The van der Waals surface area contributed by atoms with Crippen molar-refractivity contribution in [1.82, 2.24) is 0 Å². The first-order valence-electron chi connectivity index (χ1n) is 5.30. The van der Waals surface area contributed by atoms with Gasteiger partial charge in [0.05, 0.1) is 0 Å². The number of benzene rings is 2. The van der Waals surface area contributed by atoms with Gasteiger partial charge in [-0.25, -0.2) is 4.39 Å². The largest absolute Gasteiger partial charge is 0.573 e. The van der Waals surface area contributed by atoms with Crippen LogP contribution in [-0.4, -0.2) is 11.5 Å². The fraction of sp³-hybridized carbons (Fsp3) is 0.0769. The summed E-state index contributed by atoms with van der Waals surface area (Å²) < 4.78 is 66.1. The van der Waals surface area contributed by atoms with E-state index in [0.29, 0.717) is 0 Å². The van der Waals surface area contributed by atoms with Crippen molar-refractivity contribution in [2.45, 2.75) is 6.36 Å². The molecule has 0 aromatic heterocycles. The molecule has 2 aromatic rings. The van der Waals surface area contributed by atoms with Crippen LogP contribution >= 0.6 is 0 Å². The van der Waals surface area contributed by atoms with Crippen molar-refractivity contribution in [2.24, 2.45) is 0 Å². The molecule has 106 valence electrons. The summed E-state index contributed by atoms with van der Waals surface area (Å²) in [5, 5.41) is 9.17. The molecule has 0 saturated carbocycles. The standard InChI is InChI=1S/C13H7F5O2/c14-10-5-8(6-11(19)12(10)15)7-2-1-3-9(4-7)20-13(16,17)18/h1-6,19H. The lowest BCUT2D eigenvalue weighted by Crippen LogP contribution is -2.17. The maximum Gasteiger partial charge on any atom is 0.573 e. The van der Waals surface area contributed by atoms with Crippen molar-refractivity contribution in [3.63, 3.8) is 0 Å². The first-order valence-corrected chi connectivity index (χ1v) is 5.30. The van der Waals surface area contributed by atoms with E-state index in [1.807, 2.05) is 0 Å². The van der Waals surface area contributed by atoms with Crippen LogP contribution in [0.4, 0.5) is 22.0 Å². The molecule has 2 aromatic carbocycles. The van der Waals surface area contributed by atoms with Gasteiger partial charge in [-0.05, 0) is 35.4 Å². The number of phenols is 1. The van der Waals surface area contributed by atoms with Crippen LogP contribution in [0.5, 0.6) is 11.5 Å². The lowest BCUT2D eigenvalue weighted by atomic mass is 10.0. The smallest absolute Gasteiger partial charge is 0.505 e. The van der Waals surface area contributed by atoms with E-state index < -0.39 is 29.5 Å². The highest BCUT2D eigenvalue weighted by atomic mass is 19.4. The molecule has 2 rings (SSSR count). The molecule has 0 saturated heterocycles. The summed E-state index contributed by atoms with van der Waals surface area (Å²) in [4.78, 5) is 0. The fourth-order valence-electron chi connectivity index (χ4n) is 1.61. The highest BCUT2D eigenvalue weighted by Crippen LogP contribution is 2.31. The zero-order chi connectivity index (χ0) is 14.9. The van der Waals surface area contributed by atoms with Crippen LogP contribution in [0.1, 0.15) is 0 Å². The van der Waals surface area contributed by atoms with Gasteiger partial charge in [-0.3, -0.25) is 0 Å². The topological polar surface area (TPSA) is 29.5 Å². The van der Waals surface area contributed by atoms with Crippen molar-refractivity contribution < 1.29 is 31.8 Å². The van der Waals surface area contributed by atoms with Gasteiger partial charge in [0.15, 0.2) is 17.4 Å². The van der Waals surface area contributed by atoms with E-state index in [1.54, 1.807) is 0 Å². The van der Waals surface area contributed by atoms with Crippen LogP contribution in [-0.2, 0) is 0 Å². The van der Waals surface area contributed by atoms with Crippen molar-refractivity contribution >= 4 is 0 Å². The number of rotatable bonds is 2. The normalized spacial score (nSPS) is 11.4. The maximum atomic E-state index is 13.2. The summed E-state index contributed by atoms with van der Waals surface area (Å²) in [5.74, 6) is -4.15. The second-order valence-electron chi connectivity index (χ2n) is 3.87. The van der Waals surface area contributed by atoms with Gasteiger partial charge in [0, 0.05) is 0 Å². The number of aromatic hydroxyl groups is 1. The molecule has 7 heteroatoms. The molecule has 0 fully saturated rings. The molecule has 0 aliphatic heterocycles. The number of phenolic OH excluding ortho intramolecular Hbond substituents is 1. The molecule has 20 heavy (non-hydrogen) atoms. The third kappa shape index (κ3) is 3.17. The summed E-state index contributed by atoms with van der Waals surface area (Å²) >= 11 is 0. The first kappa shape index (κ1) is 14.1. The number of hydrogen-bond donors (Lipinski definition) is 1. The number of alkyl halides is 3. The molecule has 0 aliphatic carbocycles. The maximum absolute atomic E-state index is 13.2. The Morgan fingerprint density at radius 3 is 2.25 bits per heavy atom. The SMILES string of the molecule is Oc1cc(-c2cccc(OC(F)(F)F)c2)cc(F)c1F. The first-order chi connectivity index (χ1) is 9.26. The summed E-state index contributed by atoms with van der Waals surface area (Å²) in [6.07, 6.45) is -4.85. The van der Waals surface area contributed by atoms with Gasteiger partial charge in [-0.15, -0.1) is 13.2 Å². The van der Waals surface area contributed by atoms with E-state index in [4.69, 9.17) is 0 Å². The van der Waals surface area contributed by atoms with Gasteiger partial charge in [-0.2, -0.15) is 4.39 Å². The third-order valence-corrected chi connectivity index (χ3v) is 2.41. The Labute approximate surface area is 110 Å². The van der Waals surface area contributed by atoms with Crippen LogP contribution in [0.15, 0.2) is 36.4 Å². The highest BCUT2D eigenvalue weighted by molar-refractivity contribution is 5.66. The average Bonchev–Trinajstić information content (AvgIpc) is 2.33. The predicted molar refractivity (Wildman–Crippen MR) is 60.1 cm³/mol. The minimum Gasteiger partial charge on any atom is -0.505 e. The van der Waals surface area contributed by atoms with E-state index in [-0.39, 0.29) is 11.1 Å². The van der Waals surface area contributed by atoms with Crippen molar-refractivity contribution in [3.8, 4) is 22.6 Å². The van der Waals surface area contributed by atoms with Gasteiger partial charge in [0.1, 0.15) is 5.75 Å². The second kappa shape index (κ2) is 4.99. The lowest BCUT2D eigenvalue weighted by Gasteiger charge is -2.10. The van der Waals surface area contributed by atoms with Crippen LogP contribution in [0, 0.1) is 11.6 Å². The van der Waals surface area contributed by atoms with Crippen LogP contribution in [0.3, 0.4) is 0 Å². The van der Waals surface area contributed by atoms with E-state index in [0.717, 1.165) is 24.3 Å². The Kier molecular flexibility index (Phi) is 3.52. The Morgan fingerprint density at radius 2 is 1.65 bits per heavy atom. The summed E-state index contributed by atoms with van der Waals surface area (Å²) in [7, 11) is 0. The van der Waals surface area contributed by atoms with Gasteiger partial charge in [0.25, 0.3) is 0 Å². The van der Waals surface area contributed by atoms with Gasteiger partial charge in [0.2, 0.25) is 0 Å². The molecule has 0 amide bonds. The molecule has 0 aliphatic rings. The van der Waals surface area contributed by atoms with E-state index in [2.05, 4.69) is 4.74 Å². The molecule has 0 heterocycles. The molecule has 0 spiro atoms. The molecular formula is C13H7F5O2.